The van der Waals surface area contributed by atoms with Crippen LogP contribution >= 0.6 is 11.6 Å². The highest BCUT2D eigenvalue weighted by atomic mass is 35.5. The SMILES string of the molecule is C/C=C\CCc1ccc(Cl)cc1. The van der Waals surface area contributed by atoms with Crippen LogP contribution in [0.4, 0.5) is 0 Å². The van der Waals surface area contributed by atoms with Gasteiger partial charge in [0.05, 0.1) is 0 Å². The van der Waals surface area contributed by atoms with Crippen LogP contribution in [-0.4, -0.2) is 0 Å². The summed E-state index contributed by atoms with van der Waals surface area (Å²) < 4.78 is 0. The molecule has 0 aliphatic carbocycles. The fourth-order valence-electron chi connectivity index (χ4n) is 1.07. The summed E-state index contributed by atoms with van der Waals surface area (Å²) in [5.74, 6) is 0. The van der Waals surface area contributed by atoms with Crippen LogP contribution in [0, 0.1) is 0 Å². The third kappa shape index (κ3) is 3.10. The first-order valence-corrected chi connectivity index (χ1v) is 4.56. The summed E-state index contributed by atoms with van der Waals surface area (Å²) in [6.45, 7) is 2.04. The summed E-state index contributed by atoms with van der Waals surface area (Å²) >= 11 is 5.76. The number of hydrogen-bond acceptors (Lipinski definition) is 0. The molecule has 1 aromatic carbocycles. The van der Waals surface area contributed by atoms with Crippen LogP contribution in [0.15, 0.2) is 36.4 Å². The normalized spacial score (nSPS) is 10.8. The Morgan fingerprint density at radius 2 is 1.92 bits per heavy atom. The van der Waals surface area contributed by atoms with Crippen LogP contribution in [0.3, 0.4) is 0 Å². The fourth-order valence-corrected chi connectivity index (χ4v) is 1.19. The summed E-state index contributed by atoms with van der Waals surface area (Å²) in [5, 5.41) is 0.810. The molecule has 0 saturated heterocycles. The van der Waals surface area contributed by atoms with Crippen molar-refractivity contribution in [3.05, 3.63) is 47.0 Å². The predicted octanol–water partition coefficient (Wildman–Crippen LogP) is 3.85. The van der Waals surface area contributed by atoms with E-state index in [-0.39, 0.29) is 0 Å². The molecular formula is C11H13Cl. The zero-order chi connectivity index (χ0) is 8.81. The van der Waals surface area contributed by atoms with Gasteiger partial charge in [0.1, 0.15) is 0 Å². The maximum atomic E-state index is 5.76. The molecule has 0 aliphatic rings. The molecule has 0 unspecified atom stereocenters. The van der Waals surface area contributed by atoms with Gasteiger partial charge in [-0.05, 0) is 37.5 Å². The van der Waals surface area contributed by atoms with Crippen molar-refractivity contribution in [3.8, 4) is 0 Å². The Labute approximate surface area is 78.9 Å². The number of halogens is 1. The molecule has 0 aliphatic heterocycles. The van der Waals surface area contributed by atoms with Gasteiger partial charge in [-0.1, -0.05) is 35.9 Å². The Kier molecular flexibility index (Phi) is 3.89. The molecule has 1 aromatic rings. The zero-order valence-corrected chi connectivity index (χ0v) is 8.01. The first-order chi connectivity index (χ1) is 5.83. The maximum Gasteiger partial charge on any atom is 0.0406 e. The van der Waals surface area contributed by atoms with Crippen molar-refractivity contribution in [3.63, 3.8) is 0 Å². The van der Waals surface area contributed by atoms with Crippen LogP contribution < -0.4 is 0 Å². The molecule has 0 bridgehead atoms. The van der Waals surface area contributed by atoms with Crippen LogP contribution in [0.25, 0.3) is 0 Å². The van der Waals surface area contributed by atoms with Crippen LogP contribution in [0.2, 0.25) is 5.02 Å². The number of hydrogen-bond donors (Lipinski definition) is 0. The molecule has 1 heteroatoms. The summed E-state index contributed by atoms with van der Waals surface area (Å²) in [5.41, 5.74) is 1.34. The van der Waals surface area contributed by atoms with Crippen molar-refractivity contribution in [1.82, 2.24) is 0 Å². The lowest BCUT2D eigenvalue weighted by atomic mass is 10.1. The Morgan fingerprint density at radius 3 is 2.50 bits per heavy atom. The highest BCUT2D eigenvalue weighted by molar-refractivity contribution is 6.30. The molecular weight excluding hydrogens is 168 g/mol. The van der Waals surface area contributed by atoms with Gasteiger partial charge >= 0.3 is 0 Å². The van der Waals surface area contributed by atoms with E-state index in [9.17, 15) is 0 Å². The zero-order valence-electron chi connectivity index (χ0n) is 7.26. The molecule has 0 spiro atoms. The van der Waals surface area contributed by atoms with Gasteiger partial charge in [-0.15, -0.1) is 0 Å². The smallest absolute Gasteiger partial charge is 0.0406 e. The molecule has 0 radical (unpaired) electrons. The van der Waals surface area contributed by atoms with E-state index in [0.29, 0.717) is 0 Å². The van der Waals surface area contributed by atoms with Crippen LogP contribution in [-0.2, 0) is 6.42 Å². The van der Waals surface area contributed by atoms with E-state index in [4.69, 9.17) is 11.6 Å². The van der Waals surface area contributed by atoms with Crippen LogP contribution in [0.5, 0.6) is 0 Å². The number of allylic oxidation sites excluding steroid dienone is 2. The quantitative estimate of drug-likeness (QED) is 0.620. The molecule has 0 atom stereocenters. The lowest BCUT2D eigenvalue weighted by Gasteiger charge is -1.97. The average molecular weight is 181 g/mol. The summed E-state index contributed by atoms with van der Waals surface area (Å²) in [6.07, 6.45) is 6.46. The van der Waals surface area contributed by atoms with Crippen molar-refractivity contribution >= 4 is 11.6 Å². The van der Waals surface area contributed by atoms with Gasteiger partial charge in [-0.2, -0.15) is 0 Å². The van der Waals surface area contributed by atoms with Crippen molar-refractivity contribution < 1.29 is 0 Å². The Hall–Kier alpha value is -0.750. The van der Waals surface area contributed by atoms with Crippen molar-refractivity contribution in [1.29, 1.82) is 0 Å². The third-order valence-electron chi connectivity index (χ3n) is 1.75. The van der Waals surface area contributed by atoms with Gasteiger partial charge in [0.15, 0.2) is 0 Å². The summed E-state index contributed by atoms with van der Waals surface area (Å²) in [4.78, 5) is 0. The minimum atomic E-state index is 0.810. The minimum absolute atomic E-state index is 0.810. The molecule has 0 amide bonds. The predicted molar refractivity (Wildman–Crippen MR) is 54.6 cm³/mol. The van der Waals surface area contributed by atoms with E-state index in [2.05, 4.69) is 24.3 Å². The lowest BCUT2D eigenvalue weighted by molar-refractivity contribution is 1.000. The standard InChI is InChI=1S/C11H13Cl/c1-2-3-4-5-10-6-8-11(12)9-7-10/h2-3,6-9H,4-5H2,1H3/b3-2-. The molecule has 0 nitrogen and oxygen atoms in total. The first kappa shape index (κ1) is 9.34. The van der Waals surface area contributed by atoms with E-state index in [1.165, 1.54) is 5.56 Å². The summed E-state index contributed by atoms with van der Waals surface area (Å²) in [7, 11) is 0. The highest BCUT2D eigenvalue weighted by Crippen LogP contribution is 2.10. The Bertz CT molecular complexity index is 246. The van der Waals surface area contributed by atoms with Gasteiger partial charge in [0, 0.05) is 5.02 Å². The van der Waals surface area contributed by atoms with E-state index < -0.39 is 0 Å². The summed E-state index contributed by atoms with van der Waals surface area (Å²) in [6, 6.07) is 8.02. The van der Waals surface area contributed by atoms with E-state index in [1.54, 1.807) is 0 Å². The number of aryl methyl sites for hydroxylation is 1. The molecule has 1 rings (SSSR count). The second-order valence-electron chi connectivity index (χ2n) is 2.73. The number of benzene rings is 1. The van der Waals surface area contributed by atoms with Crippen molar-refractivity contribution in [2.24, 2.45) is 0 Å². The Morgan fingerprint density at radius 1 is 1.25 bits per heavy atom. The van der Waals surface area contributed by atoms with E-state index in [0.717, 1.165) is 17.9 Å². The van der Waals surface area contributed by atoms with E-state index >= 15 is 0 Å². The van der Waals surface area contributed by atoms with E-state index in [1.807, 2.05) is 19.1 Å². The molecule has 0 N–H and O–H groups in total. The molecule has 0 aromatic heterocycles. The second kappa shape index (κ2) is 5.00. The topological polar surface area (TPSA) is 0 Å². The van der Waals surface area contributed by atoms with Crippen molar-refractivity contribution in [2.75, 3.05) is 0 Å². The van der Waals surface area contributed by atoms with Gasteiger partial charge in [0.25, 0.3) is 0 Å². The van der Waals surface area contributed by atoms with Crippen molar-refractivity contribution in [2.45, 2.75) is 19.8 Å². The molecule has 12 heavy (non-hydrogen) atoms. The molecule has 0 fully saturated rings. The lowest BCUT2D eigenvalue weighted by Crippen LogP contribution is -1.81. The number of rotatable bonds is 3. The highest BCUT2D eigenvalue weighted by Gasteiger charge is 1.90. The van der Waals surface area contributed by atoms with Gasteiger partial charge in [-0.25, -0.2) is 0 Å². The third-order valence-corrected chi connectivity index (χ3v) is 2.00. The van der Waals surface area contributed by atoms with Crippen LogP contribution in [0.1, 0.15) is 18.9 Å². The van der Waals surface area contributed by atoms with Gasteiger partial charge in [-0.3, -0.25) is 0 Å². The minimum Gasteiger partial charge on any atom is -0.0917 e. The average Bonchev–Trinajstić information content (AvgIpc) is 2.09. The fraction of sp³-hybridized carbons (Fsp3) is 0.273. The molecule has 0 saturated carbocycles. The maximum absolute atomic E-state index is 5.76. The Balaban J connectivity index is 2.47. The van der Waals surface area contributed by atoms with Gasteiger partial charge < -0.3 is 0 Å². The molecule has 64 valence electrons. The van der Waals surface area contributed by atoms with Gasteiger partial charge in [0.2, 0.25) is 0 Å². The monoisotopic (exact) mass is 180 g/mol. The first-order valence-electron chi connectivity index (χ1n) is 4.18. The second-order valence-corrected chi connectivity index (χ2v) is 3.17. The molecule has 0 heterocycles. The largest absolute Gasteiger partial charge is 0.0917 e.